The van der Waals surface area contributed by atoms with E-state index in [0.717, 1.165) is 12.8 Å². The summed E-state index contributed by atoms with van der Waals surface area (Å²) in [7, 11) is 0. The largest absolute Gasteiger partial charge is 0.366 e. The first-order chi connectivity index (χ1) is 7.86. The van der Waals surface area contributed by atoms with E-state index in [0.29, 0.717) is 0 Å². The lowest BCUT2D eigenvalue weighted by Crippen LogP contribution is -2.19. The van der Waals surface area contributed by atoms with Crippen LogP contribution in [-0.4, -0.2) is 12.2 Å². The van der Waals surface area contributed by atoms with Crippen LogP contribution in [-0.2, 0) is 4.74 Å². The molecule has 1 heterocycles. The molecular formula is C15H18O. The van der Waals surface area contributed by atoms with Crippen LogP contribution in [0.5, 0.6) is 0 Å². The summed E-state index contributed by atoms with van der Waals surface area (Å²) < 4.78 is 5.93. The Morgan fingerprint density at radius 3 is 3.12 bits per heavy atom. The van der Waals surface area contributed by atoms with Crippen molar-refractivity contribution in [2.75, 3.05) is 0 Å². The minimum Gasteiger partial charge on any atom is -0.366 e. The highest BCUT2D eigenvalue weighted by molar-refractivity contribution is 5.13. The van der Waals surface area contributed by atoms with Gasteiger partial charge in [0.05, 0.1) is 12.2 Å². The fraction of sp³-hybridized carbons (Fsp3) is 0.333. The molecule has 0 saturated carbocycles. The van der Waals surface area contributed by atoms with E-state index in [9.17, 15) is 0 Å². The normalized spacial score (nSPS) is 29.8. The SMILES string of the molecule is C#C/C=C/C[C@@H]1/C=C\C=C/C[C@H](/C=C/C)O1. The fourth-order valence-corrected chi connectivity index (χ4v) is 1.55. The average molecular weight is 214 g/mol. The van der Waals surface area contributed by atoms with Crippen LogP contribution in [0.2, 0.25) is 0 Å². The van der Waals surface area contributed by atoms with Gasteiger partial charge in [-0.25, -0.2) is 0 Å². The average Bonchev–Trinajstić information content (AvgIpc) is 2.24. The summed E-state index contributed by atoms with van der Waals surface area (Å²) in [5, 5.41) is 0. The molecule has 16 heavy (non-hydrogen) atoms. The molecule has 0 aliphatic carbocycles. The van der Waals surface area contributed by atoms with Crippen molar-refractivity contribution in [3.05, 3.63) is 48.6 Å². The Morgan fingerprint density at radius 1 is 1.50 bits per heavy atom. The third kappa shape index (κ3) is 4.82. The molecule has 0 radical (unpaired) electrons. The molecule has 0 unspecified atom stereocenters. The Morgan fingerprint density at radius 2 is 2.38 bits per heavy atom. The molecule has 0 bridgehead atoms. The predicted molar refractivity (Wildman–Crippen MR) is 69.0 cm³/mol. The molecule has 84 valence electrons. The third-order valence-corrected chi connectivity index (χ3v) is 2.28. The molecule has 0 spiro atoms. The van der Waals surface area contributed by atoms with Crippen LogP contribution in [0.4, 0.5) is 0 Å². The van der Waals surface area contributed by atoms with Crippen LogP contribution in [0.1, 0.15) is 19.8 Å². The topological polar surface area (TPSA) is 9.23 Å². The fourth-order valence-electron chi connectivity index (χ4n) is 1.55. The Balaban J connectivity index is 2.59. The van der Waals surface area contributed by atoms with Crippen molar-refractivity contribution in [3.63, 3.8) is 0 Å². The van der Waals surface area contributed by atoms with Crippen LogP contribution in [0.15, 0.2) is 48.6 Å². The first-order valence-corrected chi connectivity index (χ1v) is 5.59. The highest BCUT2D eigenvalue weighted by Crippen LogP contribution is 2.13. The Hall–Kier alpha value is -1.52. The van der Waals surface area contributed by atoms with Gasteiger partial charge in [0.25, 0.3) is 0 Å². The van der Waals surface area contributed by atoms with E-state index >= 15 is 0 Å². The van der Waals surface area contributed by atoms with E-state index in [-0.39, 0.29) is 12.2 Å². The maximum absolute atomic E-state index is 5.93. The standard InChI is InChI=1S/C15H18O/c1-3-5-7-11-15-13-9-6-8-12-14(16-15)10-4-2/h1,4-10,13-15H,11-12H2,2H3/b7-5+,8-6-,10-4+,13-9-/t14-,15+/m0/s1. The number of hydrogen-bond acceptors (Lipinski definition) is 1. The summed E-state index contributed by atoms with van der Waals surface area (Å²) in [5.41, 5.74) is 0. The highest BCUT2D eigenvalue weighted by Gasteiger charge is 2.10. The lowest BCUT2D eigenvalue weighted by atomic mass is 10.1. The molecule has 1 aliphatic heterocycles. The monoisotopic (exact) mass is 214 g/mol. The molecule has 1 rings (SSSR count). The van der Waals surface area contributed by atoms with Gasteiger partial charge in [-0.1, -0.05) is 48.5 Å². The zero-order valence-corrected chi connectivity index (χ0v) is 9.67. The summed E-state index contributed by atoms with van der Waals surface area (Å²) in [6.07, 6.45) is 23.2. The van der Waals surface area contributed by atoms with Gasteiger partial charge in [-0.3, -0.25) is 0 Å². The van der Waals surface area contributed by atoms with Crippen LogP contribution in [0.25, 0.3) is 0 Å². The molecule has 0 saturated heterocycles. The van der Waals surface area contributed by atoms with Crippen molar-refractivity contribution >= 4 is 0 Å². The Kier molecular flexibility index (Phi) is 6.06. The zero-order chi connectivity index (χ0) is 11.6. The highest BCUT2D eigenvalue weighted by atomic mass is 16.5. The van der Waals surface area contributed by atoms with Crippen LogP contribution in [0, 0.1) is 12.3 Å². The van der Waals surface area contributed by atoms with E-state index in [1.807, 2.05) is 25.2 Å². The lowest BCUT2D eigenvalue weighted by molar-refractivity contribution is 0.0443. The molecule has 1 nitrogen and oxygen atoms in total. The second-order valence-corrected chi connectivity index (χ2v) is 3.59. The van der Waals surface area contributed by atoms with Gasteiger partial charge >= 0.3 is 0 Å². The molecule has 0 fully saturated rings. The number of rotatable bonds is 3. The van der Waals surface area contributed by atoms with Gasteiger partial charge in [0.2, 0.25) is 0 Å². The quantitative estimate of drug-likeness (QED) is 0.516. The molecule has 0 N–H and O–H groups in total. The maximum atomic E-state index is 5.93. The summed E-state index contributed by atoms with van der Waals surface area (Å²) in [6, 6.07) is 0. The first-order valence-electron chi connectivity index (χ1n) is 5.59. The van der Waals surface area contributed by atoms with Crippen LogP contribution >= 0.6 is 0 Å². The van der Waals surface area contributed by atoms with Crippen molar-refractivity contribution in [3.8, 4) is 12.3 Å². The van der Waals surface area contributed by atoms with Gasteiger partial charge in [-0.05, 0) is 25.8 Å². The molecule has 0 aromatic heterocycles. The van der Waals surface area contributed by atoms with Crippen LogP contribution in [0.3, 0.4) is 0 Å². The van der Waals surface area contributed by atoms with E-state index in [2.05, 4.69) is 30.2 Å². The zero-order valence-electron chi connectivity index (χ0n) is 9.67. The number of hydrogen-bond donors (Lipinski definition) is 0. The van der Waals surface area contributed by atoms with Crippen molar-refractivity contribution < 1.29 is 4.74 Å². The Labute approximate surface area is 98.2 Å². The van der Waals surface area contributed by atoms with Gasteiger partial charge in [0.15, 0.2) is 0 Å². The number of terminal acetylenes is 1. The molecule has 0 aromatic rings. The summed E-state index contributed by atoms with van der Waals surface area (Å²) in [6.45, 7) is 2.01. The molecule has 2 atom stereocenters. The first kappa shape index (κ1) is 12.5. The van der Waals surface area contributed by atoms with Gasteiger partial charge in [-0.2, -0.15) is 0 Å². The predicted octanol–water partition coefficient (Wildman–Crippen LogP) is 3.41. The van der Waals surface area contributed by atoms with Crippen LogP contribution < -0.4 is 0 Å². The molecule has 1 aliphatic rings. The molecule has 0 amide bonds. The van der Waals surface area contributed by atoms with Gasteiger partial charge in [0.1, 0.15) is 0 Å². The van der Waals surface area contributed by atoms with E-state index in [1.54, 1.807) is 6.08 Å². The minimum atomic E-state index is 0.107. The Bertz CT molecular complexity index is 339. The van der Waals surface area contributed by atoms with Gasteiger partial charge < -0.3 is 4.74 Å². The van der Waals surface area contributed by atoms with Gasteiger partial charge in [-0.15, -0.1) is 6.42 Å². The van der Waals surface area contributed by atoms with Gasteiger partial charge in [0, 0.05) is 0 Å². The van der Waals surface area contributed by atoms with Crippen molar-refractivity contribution in [2.45, 2.75) is 32.0 Å². The number of ether oxygens (including phenoxy) is 1. The second-order valence-electron chi connectivity index (χ2n) is 3.59. The third-order valence-electron chi connectivity index (χ3n) is 2.28. The number of allylic oxidation sites excluding steroid dienone is 4. The minimum absolute atomic E-state index is 0.107. The lowest BCUT2D eigenvalue weighted by Gasteiger charge is -2.19. The van der Waals surface area contributed by atoms with Crippen molar-refractivity contribution in [1.82, 2.24) is 0 Å². The molecule has 1 heteroatoms. The smallest absolute Gasteiger partial charge is 0.0801 e. The second kappa shape index (κ2) is 7.73. The van der Waals surface area contributed by atoms with E-state index in [4.69, 9.17) is 11.2 Å². The molecular weight excluding hydrogens is 196 g/mol. The summed E-state index contributed by atoms with van der Waals surface area (Å²) >= 11 is 0. The maximum Gasteiger partial charge on any atom is 0.0801 e. The molecule has 0 aromatic carbocycles. The van der Waals surface area contributed by atoms with E-state index in [1.165, 1.54) is 0 Å². The van der Waals surface area contributed by atoms with Crippen molar-refractivity contribution in [1.29, 1.82) is 0 Å². The summed E-state index contributed by atoms with van der Waals surface area (Å²) in [5.74, 6) is 2.48. The van der Waals surface area contributed by atoms with Crippen molar-refractivity contribution in [2.24, 2.45) is 0 Å². The van der Waals surface area contributed by atoms with E-state index < -0.39 is 0 Å². The summed E-state index contributed by atoms with van der Waals surface area (Å²) in [4.78, 5) is 0.